The zero-order valence-corrected chi connectivity index (χ0v) is 16.6. The summed E-state index contributed by atoms with van der Waals surface area (Å²) in [5.41, 5.74) is -0.903. The number of benzene rings is 1. The molecule has 0 atom stereocenters. The molecule has 1 aliphatic carbocycles. The van der Waals surface area contributed by atoms with Crippen molar-refractivity contribution in [2.75, 3.05) is 12.4 Å². The van der Waals surface area contributed by atoms with E-state index in [1.54, 1.807) is 24.3 Å². The lowest BCUT2D eigenvalue weighted by Gasteiger charge is -2.08. The zero-order chi connectivity index (χ0) is 22.0. The first-order valence-corrected chi connectivity index (χ1v) is 9.50. The second-order valence-electron chi connectivity index (χ2n) is 7.00. The van der Waals surface area contributed by atoms with Crippen LogP contribution in [0.25, 0.3) is 0 Å². The van der Waals surface area contributed by atoms with Gasteiger partial charge >= 0.3 is 5.69 Å². The Balaban J connectivity index is 1.51. The molecule has 0 spiro atoms. The molecule has 1 amide bonds. The first-order chi connectivity index (χ1) is 15.0. The third-order valence-corrected chi connectivity index (χ3v) is 4.76. The molecule has 158 valence electrons. The lowest BCUT2D eigenvalue weighted by molar-refractivity contribution is -0.115. The number of rotatable bonds is 7. The van der Waals surface area contributed by atoms with Gasteiger partial charge in [0, 0.05) is 12.2 Å². The molecule has 1 N–H and O–H groups in total. The summed E-state index contributed by atoms with van der Waals surface area (Å²) in [6, 6.07) is 8.74. The second-order valence-corrected chi connectivity index (χ2v) is 7.00. The zero-order valence-electron chi connectivity index (χ0n) is 16.6. The van der Waals surface area contributed by atoms with Gasteiger partial charge in [0.2, 0.25) is 11.8 Å². The van der Waals surface area contributed by atoms with Crippen LogP contribution in [-0.4, -0.2) is 32.3 Å². The number of nitrogens with zero attached hydrogens (tertiary/aromatic N) is 5. The highest BCUT2D eigenvalue weighted by molar-refractivity contribution is 5.93. The van der Waals surface area contributed by atoms with Gasteiger partial charge in [0.1, 0.15) is 23.9 Å². The minimum atomic E-state index is -0.724. The van der Waals surface area contributed by atoms with Crippen LogP contribution >= 0.6 is 0 Å². The average Bonchev–Trinajstić information content (AvgIpc) is 3.51. The van der Waals surface area contributed by atoms with Gasteiger partial charge in [0.05, 0.1) is 19.2 Å². The first-order valence-electron chi connectivity index (χ1n) is 9.50. The van der Waals surface area contributed by atoms with E-state index in [1.807, 2.05) is 6.07 Å². The van der Waals surface area contributed by atoms with E-state index in [-0.39, 0.29) is 36.3 Å². The Morgan fingerprint density at radius 2 is 2.13 bits per heavy atom. The van der Waals surface area contributed by atoms with Gasteiger partial charge in [-0.15, -0.1) is 0 Å². The molecule has 1 fully saturated rings. The van der Waals surface area contributed by atoms with Crippen LogP contribution in [0.5, 0.6) is 5.75 Å². The Hall–Kier alpha value is -4.20. The third kappa shape index (κ3) is 4.23. The number of ether oxygens (including phenoxy) is 1. The van der Waals surface area contributed by atoms with E-state index in [0.717, 1.165) is 17.4 Å². The Kier molecular flexibility index (Phi) is 5.36. The lowest BCUT2D eigenvalue weighted by atomic mass is 10.2. The predicted molar refractivity (Wildman–Crippen MR) is 107 cm³/mol. The van der Waals surface area contributed by atoms with E-state index < -0.39 is 17.2 Å². The molecule has 11 heteroatoms. The maximum absolute atomic E-state index is 12.6. The fraction of sp³-hybridized carbons (Fsp3) is 0.300. The van der Waals surface area contributed by atoms with Gasteiger partial charge in [0.25, 0.3) is 5.56 Å². The summed E-state index contributed by atoms with van der Waals surface area (Å²) in [5.74, 6) is 0.191. The van der Waals surface area contributed by atoms with Gasteiger partial charge < -0.3 is 14.6 Å². The monoisotopic (exact) mass is 422 g/mol. The molecule has 1 saturated carbocycles. The standard InChI is InChI=1S/C20H18N6O5/c1-30-15-5-3-2-4-14(15)22-17(27)8-16-23-18(31-24-16)11-26-19(28)12(9-21)10-25(20(26)29)13-6-7-13/h2-5,10,13H,6-8,11H2,1H3,(H,22,27). The van der Waals surface area contributed by atoms with E-state index in [1.165, 1.54) is 17.9 Å². The highest BCUT2D eigenvalue weighted by Crippen LogP contribution is 2.33. The summed E-state index contributed by atoms with van der Waals surface area (Å²) in [4.78, 5) is 41.5. The Morgan fingerprint density at radius 3 is 2.84 bits per heavy atom. The van der Waals surface area contributed by atoms with Crippen molar-refractivity contribution >= 4 is 11.6 Å². The van der Waals surface area contributed by atoms with Crippen LogP contribution < -0.4 is 21.3 Å². The van der Waals surface area contributed by atoms with Crippen molar-refractivity contribution in [3.63, 3.8) is 0 Å². The van der Waals surface area contributed by atoms with Crippen molar-refractivity contribution in [3.8, 4) is 11.8 Å². The lowest BCUT2D eigenvalue weighted by Crippen LogP contribution is -2.41. The van der Waals surface area contributed by atoms with Crippen molar-refractivity contribution in [2.24, 2.45) is 0 Å². The molecule has 0 unspecified atom stereocenters. The van der Waals surface area contributed by atoms with Gasteiger partial charge in [0.15, 0.2) is 5.82 Å². The van der Waals surface area contributed by atoms with Gasteiger partial charge in [-0.2, -0.15) is 10.2 Å². The molecule has 11 nitrogen and oxygen atoms in total. The van der Waals surface area contributed by atoms with Crippen LogP contribution in [0.4, 0.5) is 5.69 Å². The number of nitrogens with one attached hydrogen (secondary N) is 1. The Bertz CT molecular complexity index is 1290. The summed E-state index contributed by atoms with van der Waals surface area (Å²) < 4.78 is 12.6. The number of anilines is 1. The van der Waals surface area contributed by atoms with Crippen LogP contribution in [0.1, 0.15) is 36.2 Å². The quantitative estimate of drug-likeness (QED) is 0.589. The predicted octanol–water partition coefficient (Wildman–Crippen LogP) is 0.838. The van der Waals surface area contributed by atoms with Crippen molar-refractivity contribution < 1.29 is 14.1 Å². The van der Waals surface area contributed by atoms with Crippen LogP contribution in [0.3, 0.4) is 0 Å². The maximum Gasteiger partial charge on any atom is 0.331 e. The van der Waals surface area contributed by atoms with E-state index in [2.05, 4.69) is 15.5 Å². The van der Waals surface area contributed by atoms with E-state index in [0.29, 0.717) is 11.4 Å². The SMILES string of the molecule is COc1ccccc1NC(=O)Cc1noc(Cn2c(=O)c(C#N)cn(C3CC3)c2=O)n1. The van der Waals surface area contributed by atoms with Crippen molar-refractivity contribution in [1.82, 2.24) is 19.3 Å². The number of para-hydroxylation sites is 2. The minimum absolute atomic E-state index is 0.0108. The van der Waals surface area contributed by atoms with E-state index in [4.69, 9.17) is 9.26 Å². The van der Waals surface area contributed by atoms with Crippen molar-refractivity contribution in [1.29, 1.82) is 5.26 Å². The number of methoxy groups -OCH3 is 1. The molecule has 3 aromatic rings. The molecule has 31 heavy (non-hydrogen) atoms. The number of amides is 1. The van der Waals surface area contributed by atoms with Crippen LogP contribution in [0.2, 0.25) is 0 Å². The summed E-state index contributed by atoms with van der Waals surface area (Å²) in [6.45, 7) is -0.291. The number of carbonyl (C=O) groups excluding carboxylic acids is 1. The topological polar surface area (TPSA) is 145 Å². The third-order valence-electron chi connectivity index (χ3n) is 4.76. The molecule has 0 bridgehead atoms. The summed E-state index contributed by atoms with van der Waals surface area (Å²) >= 11 is 0. The molecule has 0 radical (unpaired) electrons. The fourth-order valence-corrected chi connectivity index (χ4v) is 3.10. The summed E-state index contributed by atoms with van der Waals surface area (Å²) in [7, 11) is 1.50. The highest BCUT2D eigenvalue weighted by Gasteiger charge is 2.27. The molecule has 1 aromatic carbocycles. The highest BCUT2D eigenvalue weighted by atomic mass is 16.5. The largest absolute Gasteiger partial charge is 0.495 e. The number of hydrogen-bond acceptors (Lipinski definition) is 8. The van der Waals surface area contributed by atoms with E-state index >= 15 is 0 Å². The first kappa shape index (κ1) is 20.1. The molecule has 0 aliphatic heterocycles. The van der Waals surface area contributed by atoms with Crippen molar-refractivity contribution in [2.45, 2.75) is 31.8 Å². The number of hydrogen-bond donors (Lipinski definition) is 1. The van der Waals surface area contributed by atoms with Crippen LogP contribution in [0, 0.1) is 11.3 Å². The smallest absolute Gasteiger partial charge is 0.331 e. The Morgan fingerprint density at radius 1 is 1.35 bits per heavy atom. The van der Waals surface area contributed by atoms with Crippen LogP contribution in [-0.2, 0) is 17.8 Å². The Labute approximate surface area is 175 Å². The summed E-state index contributed by atoms with van der Waals surface area (Å²) in [6.07, 6.45) is 2.74. The minimum Gasteiger partial charge on any atom is -0.495 e. The molecule has 1 aliphatic rings. The molecule has 4 rings (SSSR count). The van der Waals surface area contributed by atoms with Crippen LogP contribution in [0.15, 0.2) is 44.6 Å². The number of nitriles is 1. The van der Waals surface area contributed by atoms with Gasteiger partial charge in [-0.3, -0.25) is 14.2 Å². The number of aromatic nitrogens is 4. The van der Waals surface area contributed by atoms with Gasteiger partial charge in [-0.1, -0.05) is 17.3 Å². The van der Waals surface area contributed by atoms with Gasteiger partial charge in [-0.05, 0) is 25.0 Å². The molecular weight excluding hydrogens is 404 g/mol. The van der Waals surface area contributed by atoms with Gasteiger partial charge in [-0.25, -0.2) is 9.36 Å². The van der Waals surface area contributed by atoms with E-state index in [9.17, 15) is 19.6 Å². The molecular formula is C20H18N6O5. The fourth-order valence-electron chi connectivity index (χ4n) is 3.10. The average molecular weight is 422 g/mol. The second kappa shape index (κ2) is 8.27. The normalized spacial score (nSPS) is 12.9. The molecule has 0 saturated heterocycles. The van der Waals surface area contributed by atoms with Crippen molar-refractivity contribution in [3.05, 3.63) is 68.6 Å². The molecule has 2 heterocycles. The molecule has 2 aromatic heterocycles. The maximum atomic E-state index is 12.6. The summed E-state index contributed by atoms with van der Waals surface area (Å²) in [5, 5.41) is 15.6. The number of carbonyl (C=O) groups is 1.